The SMILES string of the molecule is COc1ccc([C@H]2/C(=C(\O)c3ccc4c(c3)OCCO4)C(=O)C(=O)N2CCN(C)C)cc1OC. The van der Waals surface area contributed by atoms with E-state index in [9.17, 15) is 14.7 Å². The van der Waals surface area contributed by atoms with Gasteiger partial charge in [-0.05, 0) is 50.0 Å². The monoisotopic (exact) mass is 468 g/mol. The van der Waals surface area contributed by atoms with Crippen molar-refractivity contribution in [1.82, 2.24) is 9.80 Å². The van der Waals surface area contributed by atoms with Crippen molar-refractivity contribution < 1.29 is 33.6 Å². The number of hydrogen-bond donors (Lipinski definition) is 1. The molecule has 2 aromatic rings. The maximum atomic E-state index is 13.2. The average Bonchev–Trinajstić information content (AvgIpc) is 3.11. The van der Waals surface area contributed by atoms with E-state index in [1.165, 1.54) is 19.1 Å². The summed E-state index contributed by atoms with van der Waals surface area (Å²) >= 11 is 0. The summed E-state index contributed by atoms with van der Waals surface area (Å²) in [6.45, 7) is 1.67. The predicted molar refractivity (Wildman–Crippen MR) is 125 cm³/mol. The molecule has 9 nitrogen and oxygen atoms in total. The zero-order valence-corrected chi connectivity index (χ0v) is 19.7. The maximum absolute atomic E-state index is 13.2. The van der Waals surface area contributed by atoms with Crippen LogP contribution in [0.4, 0.5) is 0 Å². The Morgan fingerprint density at radius 3 is 2.41 bits per heavy atom. The van der Waals surface area contributed by atoms with Crippen molar-refractivity contribution in [2.24, 2.45) is 0 Å². The number of carbonyl (C=O) groups is 2. The van der Waals surface area contributed by atoms with E-state index in [4.69, 9.17) is 18.9 Å². The standard InChI is InChI=1S/C25H28N2O7/c1-26(2)9-10-27-22(15-5-7-17(31-3)19(13-15)32-4)21(24(29)25(27)30)23(28)16-6-8-18-20(14-16)34-12-11-33-18/h5-8,13-14,22,28H,9-12H2,1-4H3/b23-21+/t22-/m0/s1. The summed E-state index contributed by atoms with van der Waals surface area (Å²) in [5.74, 6) is 0.320. The number of fused-ring (bicyclic) bond motifs is 1. The van der Waals surface area contributed by atoms with Gasteiger partial charge in [-0.25, -0.2) is 0 Å². The van der Waals surface area contributed by atoms with E-state index in [-0.39, 0.29) is 11.3 Å². The van der Waals surface area contributed by atoms with E-state index in [1.54, 1.807) is 36.4 Å². The van der Waals surface area contributed by atoms with Crippen LogP contribution < -0.4 is 18.9 Å². The van der Waals surface area contributed by atoms with Gasteiger partial charge in [-0.2, -0.15) is 0 Å². The molecule has 1 N–H and O–H groups in total. The van der Waals surface area contributed by atoms with Crippen LogP contribution >= 0.6 is 0 Å². The third kappa shape index (κ3) is 4.26. The average molecular weight is 469 g/mol. The summed E-state index contributed by atoms with van der Waals surface area (Å²) in [6.07, 6.45) is 0. The molecule has 0 spiro atoms. The molecule has 2 aliphatic heterocycles. The topological polar surface area (TPSA) is 97.8 Å². The predicted octanol–water partition coefficient (Wildman–Crippen LogP) is 2.46. The van der Waals surface area contributed by atoms with Crippen LogP contribution in [0.15, 0.2) is 42.0 Å². The minimum absolute atomic E-state index is 0.00709. The van der Waals surface area contributed by atoms with Gasteiger partial charge >= 0.3 is 0 Å². The second-order valence-electron chi connectivity index (χ2n) is 8.27. The first-order valence-corrected chi connectivity index (χ1v) is 10.9. The van der Waals surface area contributed by atoms with Gasteiger partial charge in [-0.3, -0.25) is 9.59 Å². The normalized spacial score (nSPS) is 19.0. The van der Waals surface area contributed by atoms with Crippen molar-refractivity contribution in [3.05, 3.63) is 53.1 Å². The molecule has 4 rings (SSSR count). The van der Waals surface area contributed by atoms with Crippen LogP contribution in [0.25, 0.3) is 5.76 Å². The second kappa shape index (κ2) is 9.64. The fraction of sp³-hybridized carbons (Fsp3) is 0.360. The molecule has 0 aromatic heterocycles. The summed E-state index contributed by atoms with van der Waals surface area (Å²) in [6, 6.07) is 9.33. The molecule has 34 heavy (non-hydrogen) atoms. The molecule has 9 heteroatoms. The third-order valence-electron chi connectivity index (χ3n) is 5.87. The van der Waals surface area contributed by atoms with Crippen molar-refractivity contribution in [3.8, 4) is 23.0 Å². The molecule has 2 heterocycles. The van der Waals surface area contributed by atoms with E-state index in [0.29, 0.717) is 60.4 Å². The van der Waals surface area contributed by atoms with Crippen LogP contribution in [-0.2, 0) is 9.59 Å². The summed E-state index contributed by atoms with van der Waals surface area (Å²) < 4.78 is 21.9. The number of aliphatic hydroxyl groups excluding tert-OH is 1. The van der Waals surface area contributed by atoms with Gasteiger partial charge in [0.05, 0.1) is 25.8 Å². The molecular formula is C25H28N2O7. The number of Topliss-reactive ketones (excluding diaryl/α,β-unsaturated/α-hetero) is 1. The fourth-order valence-corrected chi connectivity index (χ4v) is 4.13. The van der Waals surface area contributed by atoms with Gasteiger partial charge in [-0.1, -0.05) is 6.07 Å². The first-order chi connectivity index (χ1) is 16.3. The van der Waals surface area contributed by atoms with Gasteiger partial charge in [0.1, 0.15) is 19.0 Å². The lowest BCUT2D eigenvalue weighted by Gasteiger charge is -2.27. The number of benzene rings is 2. The third-order valence-corrected chi connectivity index (χ3v) is 5.87. The number of carbonyl (C=O) groups excluding carboxylic acids is 2. The van der Waals surface area contributed by atoms with Gasteiger partial charge in [0.15, 0.2) is 23.0 Å². The quantitative estimate of drug-likeness (QED) is 0.376. The number of amides is 1. The lowest BCUT2D eigenvalue weighted by atomic mass is 9.94. The Bertz CT molecular complexity index is 1140. The van der Waals surface area contributed by atoms with E-state index in [0.717, 1.165) is 0 Å². The van der Waals surface area contributed by atoms with E-state index in [2.05, 4.69) is 0 Å². The molecule has 1 amide bonds. The zero-order valence-electron chi connectivity index (χ0n) is 19.7. The van der Waals surface area contributed by atoms with E-state index < -0.39 is 17.7 Å². The Morgan fingerprint density at radius 2 is 1.74 bits per heavy atom. The number of likely N-dealkylation sites (tertiary alicyclic amines) is 1. The molecule has 1 atom stereocenters. The zero-order chi connectivity index (χ0) is 24.4. The molecular weight excluding hydrogens is 440 g/mol. The Balaban J connectivity index is 1.85. The molecule has 1 saturated heterocycles. The van der Waals surface area contributed by atoms with Crippen molar-refractivity contribution in [2.45, 2.75) is 6.04 Å². The summed E-state index contributed by atoms with van der Waals surface area (Å²) in [5.41, 5.74) is 0.989. The van der Waals surface area contributed by atoms with Crippen LogP contribution in [0.1, 0.15) is 17.2 Å². The van der Waals surface area contributed by atoms with Gasteiger partial charge in [0, 0.05) is 18.7 Å². The van der Waals surface area contributed by atoms with Gasteiger partial charge in [-0.15, -0.1) is 0 Å². The molecule has 0 radical (unpaired) electrons. The number of likely N-dealkylation sites (N-methyl/N-ethyl adjacent to an activating group) is 1. The largest absolute Gasteiger partial charge is 0.507 e. The van der Waals surface area contributed by atoms with Crippen molar-refractivity contribution in [2.75, 3.05) is 54.6 Å². The first-order valence-electron chi connectivity index (χ1n) is 10.9. The Morgan fingerprint density at radius 1 is 1.03 bits per heavy atom. The van der Waals surface area contributed by atoms with E-state index >= 15 is 0 Å². The van der Waals surface area contributed by atoms with Crippen LogP contribution in [-0.4, -0.2) is 81.2 Å². The lowest BCUT2D eigenvalue weighted by Crippen LogP contribution is -2.35. The number of methoxy groups -OCH3 is 2. The highest BCUT2D eigenvalue weighted by molar-refractivity contribution is 6.46. The minimum Gasteiger partial charge on any atom is -0.507 e. The fourth-order valence-electron chi connectivity index (χ4n) is 4.13. The number of nitrogens with zero attached hydrogens (tertiary/aromatic N) is 2. The molecule has 0 bridgehead atoms. The molecule has 1 fully saturated rings. The highest BCUT2D eigenvalue weighted by Gasteiger charge is 2.46. The minimum atomic E-state index is -0.798. The summed E-state index contributed by atoms with van der Waals surface area (Å²) in [5, 5.41) is 11.3. The molecule has 2 aromatic carbocycles. The smallest absolute Gasteiger partial charge is 0.295 e. The second-order valence-corrected chi connectivity index (χ2v) is 8.27. The Hall–Kier alpha value is -3.72. The molecule has 0 aliphatic carbocycles. The van der Waals surface area contributed by atoms with Crippen molar-refractivity contribution in [3.63, 3.8) is 0 Å². The number of aliphatic hydroxyl groups is 1. The summed E-state index contributed by atoms with van der Waals surface area (Å²) in [4.78, 5) is 29.7. The van der Waals surface area contributed by atoms with Gasteiger partial charge < -0.3 is 33.9 Å². The Labute approximate surface area is 198 Å². The molecule has 0 unspecified atom stereocenters. The molecule has 0 saturated carbocycles. The van der Waals surface area contributed by atoms with Crippen molar-refractivity contribution >= 4 is 17.4 Å². The molecule has 180 valence electrons. The highest BCUT2D eigenvalue weighted by atomic mass is 16.6. The first kappa shape index (κ1) is 23.4. The number of ketones is 1. The lowest BCUT2D eigenvalue weighted by molar-refractivity contribution is -0.140. The van der Waals surface area contributed by atoms with Crippen LogP contribution in [0.3, 0.4) is 0 Å². The van der Waals surface area contributed by atoms with Gasteiger partial charge in [0.25, 0.3) is 11.7 Å². The van der Waals surface area contributed by atoms with Crippen LogP contribution in [0.2, 0.25) is 0 Å². The Kier molecular flexibility index (Phi) is 6.65. The number of ether oxygens (including phenoxy) is 4. The summed E-state index contributed by atoms with van der Waals surface area (Å²) in [7, 11) is 6.82. The maximum Gasteiger partial charge on any atom is 0.295 e. The van der Waals surface area contributed by atoms with E-state index in [1.807, 2.05) is 19.0 Å². The molecule has 2 aliphatic rings. The number of hydrogen-bond acceptors (Lipinski definition) is 8. The highest BCUT2D eigenvalue weighted by Crippen LogP contribution is 2.42. The van der Waals surface area contributed by atoms with Crippen molar-refractivity contribution in [1.29, 1.82) is 0 Å². The van der Waals surface area contributed by atoms with Crippen LogP contribution in [0, 0.1) is 0 Å². The van der Waals surface area contributed by atoms with Crippen LogP contribution in [0.5, 0.6) is 23.0 Å². The number of rotatable bonds is 7. The van der Waals surface area contributed by atoms with Gasteiger partial charge in [0.2, 0.25) is 0 Å².